The van der Waals surface area contributed by atoms with Crippen molar-refractivity contribution in [1.82, 2.24) is 19.7 Å². The van der Waals surface area contributed by atoms with Gasteiger partial charge in [0.05, 0.1) is 29.2 Å². The van der Waals surface area contributed by atoms with Crippen LogP contribution in [0.5, 0.6) is 0 Å². The van der Waals surface area contributed by atoms with Crippen LogP contribution in [0.25, 0.3) is 5.69 Å². The molecule has 2 aromatic heterocycles. The molecule has 3 aromatic rings. The zero-order valence-corrected chi connectivity index (χ0v) is 15.3. The summed E-state index contributed by atoms with van der Waals surface area (Å²) in [5, 5.41) is 6.39. The summed E-state index contributed by atoms with van der Waals surface area (Å²) < 4.78 is 42.2. The van der Waals surface area contributed by atoms with Crippen LogP contribution < -0.4 is 5.32 Å². The monoisotopic (exact) mass is 401 g/mol. The molecule has 0 radical (unpaired) electrons. The Morgan fingerprint density at radius 2 is 2.00 bits per heavy atom. The van der Waals surface area contributed by atoms with E-state index < -0.39 is 17.8 Å². The minimum absolute atomic E-state index is 0.00897. The van der Waals surface area contributed by atoms with E-state index in [0.29, 0.717) is 5.69 Å². The number of carbonyl (C=O) groups excluding carboxylic acids is 1. The molecule has 1 aliphatic carbocycles. The quantitative estimate of drug-likeness (QED) is 0.686. The molecular formula is C20H18F3N5O. The number of nitrogens with zero attached hydrogens (tertiary/aromatic N) is 4. The third kappa shape index (κ3) is 4.39. The van der Waals surface area contributed by atoms with Crippen LogP contribution in [0.4, 0.5) is 23.7 Å². The van der Waals surface area contributed by atoms with Gasteiger partial charge in [0.15, 0.2) is 0 Å². The van der Waals surface area contributed by atoms with Crippen LogP contribution in [-0.2, 0) is 12.7 Å². The molecule has 1 fully saturated rings. The summed E-state index contributed by atoms with van der Waals surface area (Å²) >= 11 is 0. The standard InChI is InChI=1S/C20H18F3N5O/c21-20(22,23)17-12-16(28-11-3-10-25-28)7-8-18(17)26-19(29)27(15-5-6-15)13-14-4-1-2-9-24-14/h1-4,7-12,15H,5-6,13H2,(H,26,29). The fourth-order valence-corrected chi connectivity index (χ4v) is 3.05. The first-order chi connectivity index (χ1) is 13.9. The van der Waals surface area contributed by atoms with E-state index >= 15 is 0 Å². The van der Waals surface area contributed by atoms with Gasteiger partial charge in [-0.2, -0.15) is 18.3 Å². The minimum atomic E-state index is -4.63. The minimum Gasteiger partial charge on any atom is -0.316 e. The Balaban J connectivity index is 1.59. The molecule has 0 aliphatic heterocycles. The van der Waals surface area contributed by atoms with Crippen LogP contribution in [-0.4, -0.2) is 31.7 Å². The molecule has 29 heavy (non-hydrogen) atoms. The molecule has 2 heterocycles. The van der Waals surface area contributed by atoms with Gasteiger partial charge in [-0.15, -0.1) is 0 Å². The number of urea groups is 1. The molecule has 1 N–H and O–H groups in total. The van der Waals surface area contributed by atoms with Gasteiger partial charge in [-0.3, -0.25) is 4.98 Å². The van der Waals surface area contributed by atoms with Crippen LogP contribution in [0.3, 0.4) is 0 Å². The van der Waals surface area contributed by atoms with Crippen LogP contribution in [0.15, 0.2) is 61.1 Å². The number of nitrogens with one attached hydrogen (secondary N) is 1. The summed E-state index contributed by atoms with van der Waals surface area (Å²) in [6.45, 7) is 0.240. The lowest BCUT2D eigenvalue weighted by Crippen LogP contribution is -2.37. The number of amides is 2. The van der Waals surface area contributed by atoms with Crippen molar-refractivity contribution in [3.05, 3.63) is 72.3 Å². The number of benzene rings is 1. The van der Waals surface area contributed by atoms with E-state index in [1.54, 1.807) is 36.7 Å². The Morgan fingerprint density at radius 3 is 2.62 bits per heavy atom. The van der Waals surface area contributed by atoms with Gasteiger partial charge in [0.1, 0.15) is 0 Å². The molecule has 0 unspecified atom stereocenters. The summed E-state index contributed by atoms with van der Waals surface area (Å²) in [7, 11) is 0. The SMILES string of the molecule is O=C(Nc1ccc(-n2cccn2)cc1C(F)(F)F)N(Cc1ccccn1)C1CC1. The molecule has 0 atom stereocenters. The Morgan fingerprint density at radius 1 is 1.17 bits per heavy atom. The number of carbonyl (C=O) groups is 1. The molecule has 1 saturated carbocycles. The second kappa shape index (κ2) is 7.57. The van der Waals surface area contributed by atoms with Crippen molar-refractivity contribution in [2.24, 2.45) is 0 Å². The maximum absolute atomic E-state index is 13.6. The summed E-state index contributed by atoms with van der Waals surface area (Å²) in [6, 6.07) is 10.1. The Bertz CT molecular complexity index is 985. The number of pyridine rings is 1. The van der Waals surface area contributed by atoms with Gasteiger partial charge in [0.25, 0.3) is 0 Å². The van der Waals surface area contributed by atoms with Gasteiger partial charge < -0.3 is 10.2 Å². The van der Waals surface area contributed by atoms with Crippen molar-refractivity contribution in [3.8, 4) is 5.69 Å². The number of alkyl halides is 3. The van der Waals surface area contributed by atoms with E-state index in [2.05, 4.69) is 15.4 Å². The number of aromatic nitrogens is 3. The molecule has 9 heteroatoms. The summed E-state index contributed by atoms with van der Waals surface area (Å²) in [5.74, 6) is 0. The Labute approximate surface area is 165 Å². The molecule has 6 nitrogen and oxygen atoms in total. The number of hydrogen-bond acceptors (Lipinski definition) is 3. The molecular weight excluding hydrogens is 383 g/mol. The highest BCUT2D eigenvalue weighted by molar-refractivity contribution is 5.91. The van der Waals surface area contributed by atoms with Gasteiger partial charge in [0, 0.05) is 24.6 Å². The van der Waals surface area contributed by atoms with E-state index in [1.165, 1.54) is 27.9 Å². The first-order valence-electron chi connectivity index (χ1n) is 9.10. The highest BCUT2D eigenvalue weighted by Crippen LogP contribution is 2.37. The topological polar surface area (TPSA) is 63.1 Å². The van der Waals surface area contributed by atoms with Crippen molar-refractivity contribution >= 4 is 11.7 Å². The molecule has 4 rings (SSSR count). The lowest BCUT2D eigenvalue weighted by molar-refractivity contribution is -0.136. The fraction of sp³-hybridized carbons (Fsp3) is 0.250. The molecule has 150 valence electrons. The van der Waals surface area contributed by atoms with Gasteiger partial charge in [-0.05, 0) is 49.2 Å². The highest BCUT2D eigenvalue weighted by atomic mass is 19.4. The van der Waals surface area contributed by atoms with Crippen molar-refractivity contribution in [2.45, 2.75) is 31.6 Å². The average molecular weight is 401 g/mol. The fourth-order valence-electron chi connectivity index (χ4n) is 3.05. The number of rotatable bonds is 5. The first kappa shape index (κ1) is 19.0. The third-order valence-corrected chi connectivity index (χ3v) is 4.63. The lowest BCUT2D eigenvalue weighted by atomic mass is 10.1. The number of anilines is 1. The van der Waals surface area contributed by atoms with Gasteiger partial charge in [0.2, 0.25) is 0 Å². The lowest BCUT2D eigenvalue weighted by Gasteiger charge is -2.24. The smallest absolute Gasteiger partial charge is 0.316 e. The van der Waals surface area contributed by atoms with E-state index in [9.17, 15) is 18.0 Å². The normalized spacial score (nSPS) is 13.9. The van der Waals surface area contributed by atoms with Crippen molar-refractivity contribution in [3.63, 3.8) is 0 Å². The zero-order valence-electron chi connectivity index (χ0n) is 15.3. The van der Waals surface area contributed by atoms with Crippen LogP contribution in [0.1, 0.15) is 24.1 Å². The third-order valence-electron chi connectivity index (χ3n) is 4.63. The van der Waals surface area contributed by atoms with E-state index in [-0.39, 0.29) is 24.0 Å². The number of hydrogen-bond donors (Lipinski definition) is 1. The molecule has 2 amide bonds. The summed E-state index contributed by atoms with van der Waals surface area (Å²) in [5.41, 5.74) is -0.273. The molecule has 0 bridgehead atoms. The maximum Gasteiger partial charge on any atom is 0.418 e. The summed E-state index contributed by atoms with van der Waals surface area (Å²) in [6.07, 6.45) is 1.67. The van der Waals surface area contributed by atoms with Crippen molar-refractivity contribution in [1.29, 1.82) is 0 Å². The van der Waals surface area contributed by atoms with Crippen LogP contribution in [0, 0.1) is 0 Å². The van der Waals surface area contributed by atoms with Crippen LogP contribution >= 0.6 is 0 Å². The van der Waals surface area contributed by atoms with Gasteiger partial charge >= 0.3 is 12.2 Å². The number of halogens is 3. The van der Waals surface area contributed by atoms with E-state index in [0.717, 1.165) is 18.9 Å². The molecule has 0 spiro atoms. The second-order valence-electron chi connectivity index (χ2n) is 6.79. The van der Waals surface area contributed by atoms with Gasteiger partial charge in [-0.25, -0.2) is 9.48 Å². The Hall–Kier alpha value is -3.36. The molecule has 0 saturated heterocycles. The Kier molecular flexibility index (Phi) is 4.96. The molecule has 1 aliphatic rings. The van der Waals surface area contributed by atoms with Crippen molar-refractivity contribution < 1.29 is 18.0 Å². The van der Waals surface area contributed by atoms with E-state index in [4.69, 9.17) is 0 Å². The average Bonchev–Trinajstić information content (AvgIpc) is 3.39. The van der Waals surface area contributed by atoms with E-state index in [1.807, 2.05) is 0 Å². The predicted octanol–water partition coefficient (Wildman–Crippen LogP) is 4.48. The largest absolute Gasteiger partial charge is 0.418 e. The van der Waals surface area contributed by atoms with Gasteiger partial charge in [-0.1, -0.05) is 6.07 Å². The zero-order chi connectivity index (χ0) is 20.4. The van der Waals surface area contributed by atoms with Crippen molar-refractivity contribution in [2.75, 3.05) is 5.32 Å². The second-order valence-corrected chi connectivity index (χ2v) is 6.79. The first-order valence-corrected chi connectivity index (χ1v) is 9.10. The predicted molar refractivity (Wildman–Crippen MR) is 100 cm³/mol. The summed E-state index contributed by atoms with van der Waals surface area (Å²) in [4.78, 5) is 18.5. The highest BCUT2D eigenvalue weighted by Gasteiger charge is 2.37. The molecule has 1 aromatic carbocycles. The van der Waals surface area contributed by atoms with Crippen LogP contribution in [0.2, 0.25) is 0 Å². The maximum atomic E-state index is 13.6.